The molecule has 3 aliphatic heterocycles. The average Bonchev–Trinajstić information content (AvgIpc) is 3.34. The molecule has 2 amide bonds. The lowest BCUT2D eigenvalue weighted by atomic mass is 10.1. The molecule has 0 N–H and O–H groups in total. The van der Waals surface area contributed by atoms with E-state index in [2.05, 4.69) is 4.98 Å². The van der Waals surface area contributed by atoms with E-state index in [9.17, 15) is 14.4 Å². The molecular weight excluding hydrogens is 384 g/mol. The molecule has 0 aliphatic carbocycles. The minimum Gasteiger partial charge on any atom is -0.343 e. The van der Waals surface area contributed by atoms with Crippen molar-refractivity contribution in [1.29, 1.82) is 0 Å². The monoisotopic (exact) mass is 408 g/mol. The van der Waals surface area contributed by atoms with Gasteiger partial charge in [0.1, 0.15) is 12.6 Å². The van der Waals surface area contributed by atoms with Gasteiger partial charge in [-0.25, -0.2) is 4.79 Å². The molecule has 1 aromatic heterocycles. The molecule has 2 aromatic rings. The molecule has 0 unspecified atom stereocenters. The smallest absolute Gasteiger partial charge is 0.343 e. The third-order valence-corrected chi connectivity index (χ3v) is 6.56. The van der Waals surface area contributed by atoms with E-state index >= 15 is 0 Å². The number of benzene rings is 1. The van der Waals surface area contributed by atoms with Crippen molar-refractivity contribution in [2.75, 3.05) is 13.1 Å². The lowest BCUT2D eigenvalue weighted by Crippen LogP contribution is -2.49. The van der Waals surface area contributed by atoms with Gasteiger partial charge < -0.3 is 14.5 Å². The quantitative estimate of drug-likeness (QED) is 0.761. The largest absolute Gasteiger partial charge is 0.348 e. The molecule has 3 atom stereocenters. The number of likely N-dealkylation sites (tertiary alicyclic amines) is 1. The lowest BCUT2D eigenvalue weighted by Gasteiger charge is -2.32. The van der Waals surface area contributed by atoms with Crippen LogP contribution < -0.4 is 5.69 Å². The van der Waals surface area contributed by atoms with E-state index in [1.54, 1.807) is 24.8 Å². The van der Waals surface area contributed by atoms with Gasteiger partial charge in [0, 0.05) is 24.4 Å². The standard InChI is InChI=1S/C22H24N4O4/c1-14-10-15(2)25(21(29)23-14)13-20(28)24-9-8-22-18(24)11-19(27)26(22)12-17(30-22)16-6-4-3-5-7-16/h3-7,10,17-18H,8-9,11-13H2,1-2H3/t17-,18+,22-/m0/s1. The van der Waals surface area contributed by atoms with Crippen molar-refractivity contribution in [3.05, 3.63) is 63.8 Å². The van der Waals surface area contributed by atoms with Crippen LogP contribution in [0.15, 0.2) is 41.2 Å². The van der Waals surface area contributed by atoms with Gasteiger partial charge in [0.25, 0.3) is 0 Å². The van der Waals surface area contributed by atoms with Crippen LogP contribution >= 0.6 is 0 Å². The summed E-state index contributed by atoms with van der Waals surface area (Å²) in [6.07, 6.45) is 0.644. The Hall–Kier alpha value is -3.00. The van der Waals surface area contributed by atoms with Crippen molar-refractivity contribution in [2.24, 2.45) is 0 Å². The zero-order valence-electron chi connectivity index (χ0n) is 17.1. The number of amides is 2. The van der Waals surface area contributed by atoms with Crippen molar-refractivity contribution in [3.8, 4) is 0 Å². The number of carbonyl (C=O) groups excluding carboxylic acids is 2. The van der Waals surface area contributed by atoms with Crippen LogP contribution in [-0.2, 0) is 20.9 Å². The van der Waals surface area contributed by atoms with Crippen molar-refractivity contribution in [3.63, 3.8) is 0 Å². The van der Waals surface area contributed by atoms with Gasteiger partial charge >= 0.3 is 5.69 Å². The summed E-state index contributed by atoms with van der Waals surface area (Å²) in [5, 5.41) is 0. The van der Waals surface area contributed by atoms with E-state index in [0.717, 1.165) is 5.56 Å². The van der Waals surface area contributed by atoms with E-state index in [-0.39, 0.29) is 36.9 Å². The SMILES string of the molecule is Cc1cc(C)n(CC(=O)N2CC[C@@]34O[C@H](c5ccccc5)CN3C(=O)C[C@@H]24)c(=O)n1. The molecule has 3 saturated heterocycles. The summed E-state index contributed by atoms with van der Waals surface area (Å²) in [6, 6.07) is 11.3. The highest BCUT2D eigenvalue weighted by Crippen LogP contribution is 2.50. The molecule has 5 rings (SSSR count). The highest BCUT2D eigenvalue weighted by molar-refractivity contribution is 5.84. The van der Waals surface area contributed by atoms with Gasteiger partial charge in [-0.15, -0.1) is 0 Å². The first-order chi connectivity index (χ1) is 14.4. The average molecular weight is 408 g/mol. The first-order valence-corrected chi connectivity index (χ1v) is 10.3. The van der Waals surface area contributed by atoms with Crippen molar-refractivity contribution < 1.29 is 14.3 Å². The van der Waals surface area contributed by atoms with Crippen LogP contribution in [0.4, 0.5) is 0 Å². The molecular formula is C22H24N4O4. The third-order valence-electron chi connectivity index (χ3n) is 6.56. The molecule has 0 radical (unpaired) electrons. The van der Waals surface area contributed by atoms with Crippen LogP contribution in [0.2, 0.25) is 0 Å². The summed E-state index contributed by atoms with van der Waals surface area (Å²) < 4.78 is 7.86. The van der Waals surface area contributed by atoms with Gasteiger partial charge in [-0.2, -0.15) is 4.98 Å². The summed E-state index contributed by atoms with van der Waals surface area (Å²) >= 11 is 0. The number of nitrogens with zero attached hydrogens (tertiary/aromatic N) is 4. The fourth-order valence-electron chi connectivity index (χ4n) is 5.16. The van der Waals surface area contributed by atoms with Gasteiger partial charge in [-0.3, -0.25) is 14.2 Å². The highest BCUT2D eigenvalue weighted by atomic mass is 16.5. The second-order valence-electron chi connectivity index (χ2n) is 8.33. The minimum atomic E-state index is -0.765. The fraction of sp³-hybridized carbons (Fsp3) is 0.455. The van der Waals surface area contributed by atoms with Crippen LogP contribution in [-0.4, -0.2) is 56.0 Å². The van der Waals surface area contributed by atoms with Crippen molar-refractivity contribution >= 4 is 11.8 Å². The van der Waals surface area contributed by atoms with Crippen LogP contribution in [0.5, 0.6) is 0 Å². The van der Waals surface area contributed by atoms with Gasteiger partial charge in [-0.1, -0.05) is 30.3 Å². The molecule has 0 bridgehead atoms. The zero-order valence-corrected chi connectivity index (χ0v) is 17.1. The Morgan fingerprint density at radius 2 is 2.00 bits per heavy atom. The molecule has 0 saturated carbocycles. The predicted octanol–water partition coefficient (Wildman–Crippen LogP) is 1.16. The van der Waals surface area contributed by atoms with E-state index in [1.807, 2.05) is 35.2 Å². The minimum absolute atomic E-state index is 0.0151. The van der Waals surface area contributed by atoms with E-state index in [4.69, 9.17) is 4.74 Å². The molecule has 8 heteroatoms. The predicted molar refractivity (Wildman–Crippen MR) is 107 cm³/mol. The Bertz CT molecular complexity index is 1080. The molecule has 1 spiro atoms. The molecule has 156 valence electrons. The van der Waals surface area contributed by atoms with Gasteiger partial charge in [0.05, 0.1) is 19.0 Å². The van der Waals surface area contributed by atoms with E-state index in [1.165, 1.54) is 4.57 Å². The van der Waals surface area contributed by atoms with Gasteiger partial charge in [-0.05, 0) is 25.5 Å². The Morgan fingerprint density at radius 1 is 1.23 bits per heavy atom. The first kappa shape index (κ1) is 19.0. The van der Waals surface area contributed by atoms with Gasteiger partial charge in [0.15, 0.2) is 5.72 Å². The maximum Gasteiger partial charge on any atom is 0.348 e. The number of carbonyl (C=O) groups is 2. The molecule has 8 nitrogen and oxygen atoms in total. The summed E-state index contributed by atoms with van der Waals surface area (Å²) in [5.74, 6) is -0.171. The lowest BCUT2D eigenvalue weighted by molar-refractivity contribution is -0.143. The molecule has 3 aliphatic rings. The summed E-state index contributed by atoms with van der Waals surface area (Å²) in [5.41, 5.74) is 1.16. The Balaban J connectivity index is 1.40. The van der Waals surface area contributed by atoms with Crippen LogP contribution in [0.3, 0.4) is 0 Å². The number of aryl methyl sites for hydroxylation is 2. The highest BCUT2D eigenvalue weighted by Gasteiger charge is 2.64. The van der Waals surface area contributed by atoms with Crippen molar-refractivity contribution in [2.45, 2.75) is 51.1 Å². The maximum absolute atomic E-state index is 13.1. The number of hydrogen-bond donors (Lipinski definition) is 0. The summed E-state index contributed by atoms with van der Waals surface area (Å²) in [6.45, 7) is 4.47. The summed E-state index contributed by atoms with van der Waals surface area (Å²) in [7, 11) is 0. The molecule has 4 heterocycles. The van der Waals surface area contributed by atoms with Gasteiger partial charge in [0.2, 0.25) is 11.8 Å². The topological polar surface area (TPSA) is 84.7 Å². The van der Waals surface area contributed by atoms with E-state index in [0.29, 0.717) is 30.9 Å². The van der Waals surface area contributed by atoms with Crippen LogP contribution in [0.25, 0.3) is 0 Å². The number of hydrogen-bond acceptors (Lipinski definition) is 5. The number of rotatable bonds is 3. The third kappa shape index (κ3) is 2.78. The van der Waals surface area contributed by atoms with Crippen LogP contribution in [0.1, 0.15) is 35.9 Å². The molecule has 30 heavy (non-hydrogen) atoms. The Morgan fingerprint density at radius 3 is 2.73 bits per heavy atom. The fourth-order valence-corrected chi connectivity index (χ4v) is 5.16. The number of ether oxygens (including phenoxy) is 1. The Kier molecular flexibility index (Phi) is 4.28. The molecule has 1 aromatic carbocycles. The first-order valence-electron chi connectivity index (χ1n) is 10.3. The summed E-state index contributed by atoms with van der Waals surface area (Å²) in [4.78, 5) is 45.6. The second-order valence-corrected chi connectivity index (χ2v) is 8.33. The van der Waals surface area contributed by atoms with E-state index < -0.39 is 11.4 Å². The normalized spacial score (nSPS) is 27.5. The van der Waals surface area contributed by atoms with Crippen LogP contribution in [0, 0.1) is 13.8 Å². The Labute approximate surface area is 174 Å². The van der Waals surface area contributed by atoms with Crippen molar-refractivity contribution in [1.82, 2.24) is 19.4 Å². The zero-order chi connectivity index (χ0) is 21.0. The second kappa shape index (κ2) is 6.77. The molecule has 3 fully saturated rings. The number of aromatic nitrogens is 2. The maximum atomic E-state index is 13.1.